The normalized spacial score (nSPS) is 13.1. The first kappa shape index (κ1) is 16.7. The van der Waals surface area contributed by atoms with E-state index >= 15 is 0 Å². The summed E-state index contributed by atoms with van der Waals surface area (Å²) in [5, 5.41) is 0. The van der Waals surface area contributed by atoms with Gasteiger partial charge < -0.3 is 0 Å². The van der Waals surface area contributed by atoms with Crippen molar-refractivity contribution in [3.63, 3.8) is 0 Å². The van der Waals surface area contributed by atoms with Gasteiger partial charge in [0.05, 0.1) is 0 Å². The first-order chi connectivity index (χ1) is 8.05. The molecule has 0 aromatic heterocycles. The van der Waals surface area contributed by atoms with Crippen LogP contribution in [0, 0.1) is 0 Å². The van der Waals surface area contributed by atoms with Gasteiger partial charge in [0.1, 0.15) is 0 Å². The van der Waals surface area contributed by atoms with Crippen LogP contribution in [0.1, 0.15) is 34.6 Å². The second-order valence-corrected chi connectivity index (χ2v) is 19.1. The van der Waals surface area contributed by atoms with Crippen molar-refractivity contribution in [2.45, 2.75) is 47.9 Å². The maximum absolute atomic E-state index is 11.4. The average Bonchev–Trinajstić information content (AvgIpc) is 2.35. The molecule has 0 unspecified atom stereocenters. The molecule has 0 rings (SSSR count). The number of rotatable bonds is 7. The van der Waals surface area contributed by atoms with Crippen molar-refractivity contribution in [2.24, 2.45) is 0 Å². The number of hydrogen-bond acceptors (Lipinski definition) is 2. The van der Waals surface area contributed by atoms with E-state index in [-0.39, 0.29) is 5.97 Å². The Morgan fingerprint density at radius 1 is 1.12 bits per heavy atom. The summed E-state index contributed by atoms with van der Waals surface area (Å²) in [6, 6.07) is 0. The predicted octanol–water partition coefficient (Wildman–Crippen LogP) is 4.10. The van der Waals surface area contributed by atoms with Gasteiger partial charge in [-0.05, 0) is 0 Å². The summed E-state index contributed by atoms with van der Waals surface area (Å²) >= 11 is -1.97. The van der Waals surface area contributed by atoms with Gasteiger partial charge in [0.15, 0.2) is 0 Å². The molecule has 3 heteroatoms. The Balaban J connectivity index is 4.61. The topological polar surface area (TPSA) is 26.3 Å². The van der Waals surface area contributed by atoms with E-state index in [1.54, 1.807) is 0 Å². The molecule has 17 heavy (non-hydrogen) atoms. The summed E-state index contributed by atoms with van der Waals surface area (Å²) in [4.78, 5) is 11.4. The van der Waals surface area contributed by atoms with Crippen molar-refractivity contribution in [3.8, 4) is 0 Å². The molecular formula is C14H26O2Sn. The molecule has 0 heterocycles. The van der Waals surface area contributed by atoms with Gasteiger partial charge in [-0.3, -0.25) is 0 Å². The Labute approximate surface area is 110 Å². The van der Waals surface area contributed by atoms with E-state index in [2.05, 4.69) is 30.9 Å². The van der Waals surface area contributed by atoms with Crippen LogP contribution >= 0.6 is 0 Å². The fourth-order valence-corrected chi connectivity index (χ4v) is 9.55. The molecule has 2 nitrogen and oxygen atoms in total. The predicted molar refractivity (Wildman–Crippen MR) is 76.7 cm³/mol. The van der Waals surface area contributed by atoms with Gasteiger partial charge in [-0.25, -0.2) is 0 Å². The van der Waals surface area contributed by atoms with E-state index in [1.165, 1.54) is 13.3 Å². The monoisotopic (exact) mass is 346 g/mol. The van der Waals surface area contributed by atoms with Gasteiger partial charge in [0.25, 0.3) is 0 Å². The Hall–Kier alpha value is -0.251. The maximum atomic E-state index is 11.4. The molecule has 0 saturated carbocycles. The zero-order valence-electron chi connectivity index (χ0n) is 11.9. The van der Waals surface area contributed by atoms with Crippen LogP contribution in [0.5, 0.6) is 0 Å². The van der Waals surface area contributed by atoms with Crippen molar-refractivity contribution >= 4 is 24.3 Å². The summed E-state index contributed by atoms with van der Waals surface area (Å²) in [6.45, 7) is 11.0. The zero-order chi connectivity index (χ0) is 13.3. The van der Waals surface area contributed by atoms with E-state index in [4.69, 9.17) is 4.74 Å². The van der Waals surface area contributed by atoms with Gasteiger partial charge in [-0.1, -0.05) is 0 Å². The fraction of sp³-hybridized carbons (Fsp3) is 0.643. The first-order valence-electron chi connectivity index (χ1n) is 6.58. The molecule has 0 spiro atoms. The third kappa shape index (κ3) is 5.75. The molecule has 0 radical (unpaired) electrons. The number of ether oxygens (including phenoxy) is 1. The van der Waals surface area contributed by atoms with Crippen LogP contribution in [0.25, 0.3) is 0 Å². The standard InChI is InChI=1S/C8H11O2.3C2H5.Sn/c1-4-6-7(3)8(9)10-5-2;3*1-2;/h1,4,6H,5H2,2-3H3;3*1H2,2H3;/b4-1?,7-6-;;;;. The van der Waals surface area contributed by atoms with E-state index < -0.39 is 18.4 Å². The van der Waals surface area contributed by atoms with Crippen molar-refractivity contribution in [2.75, 3.05) is 6.61 Å². The summed E-state index contributed by atoms with van der Waals surface area (Å²) in [7, 11) is 0. The molecule has 0 aromatic carbocycles. The van der Waals surface area contributed by atoms with Gasteiger partial charge in [-0.2, -0.15) is 0 Å². The minimum absolute atomic E-state index is 0.206. The number of hydrogen-bond donors (Lipinski definition) is 0. The van der Waals surface area contributed by atoms with Crippen molar-refractivity contribution < 1.29 is 9.53 Å². The average molecular weight is 345 g/mol. The Kier molecular flexibility index (Phi) is 8.65. The molecule has 0 fully saturated rings. The number of allylic oxidation sites excluding steroid dienone is 2. The van der Waals surface area contributed by atoms with Gasteiger partial charge in [-0.15, -0.1) is 0 Å². The van der Waals surface area contributed by atoms with E-state index in [0.717, 1.165) is 0 Å². The third-order valence-corrected chi connectivity index (χ3v) is 18.1. The van der Waals surface area contributed by atoms with E-state index in [0.29, 0.717) is 12.2 Å². The molecule has 0 aromatic rings. The minimum atomic E-state index is -1.97. The van der Waals surface area contributed by atoms with Crippen LogP contribution < -0.4 is 0 Å². The first-order valence-corrected chi connectivity index (χ1v) is 14.3. The molecule has 0 aliphatic carbocycles. The van der Waals surface area contributed by atoms with Crippen LogP contribution in [0.2, 0.25) is 13.3 Å². The SMILES string of the molecule is CCOC(=O)/C(C)=C\C=[CH]/[Sn]([CH2]C)([CH2]C)[CH2]C. The molecule has 0 amide bonds. The van der Waals surface area contributed by atoms with Crippen LogP contribution in [-0.2, 0) is 9.53 Å². The summed E-state index contributed by atoms with van der Waals surface area (Å²) in [6.07, 6.45) is 3.98. The molecule has 98 valence electrons. The van der Waals surface area contributed by atoms with Crippen molar-refractivity contribution in [1.82, 2.24) is 0 Å². The van der Waals surface area contributed by atoms with Gasteiger partial charge >= 0.3 is 110 Å². The zero-order valence-corrected chi connectivity index (χ0v) is 14.7. The molecule has 0 atom stereocenters. The van der Waals surface area contributed by atoms with Crippen LogP contribution in [0.4, 0.5) is 0 Å². The Bertz CT molecular complexity index is 280. The second kappa shape index (κ2) is 8.78. The van der Waals surface area contributed by atoms with Crippen molar-refractivity contribution in [1.29, 1.82) is 0 Å². The molecule has 0 aliphatic heterocycles. The van der Waals surface area contributed by atoms with Crippen LogP contribution in [0.15, 0.2) is 21.8 Å². The number of carbonyl (C=O) groups is 1. The third-order valence-electron chi connectivity index (χ3n) is 3.51. The summed E-state index contributed by atoms with van der Waals surface area (Å²) < 4.78 is 11.4. The molecule has 0 N–H and O–H groups in total. The summed E-state index contributed by atoms with van der Waals surface area (Å²) in [5.41, 5.74) is 0.687. The van der Waals surface area contributed by atoms with E-state index in [9.17, 15) is 4.79 Å². The second-order valence-electron chi connectivity index (χ2n) is 4.35. The Morgan fingerprint density at radius 2 is 1.65 bits per heavy atom. The van der Waals surface area contributed by atoms with Crippen LogP contribution in [0.3, 0.4) is 0 Å². The Morgan fingerprint density at radius 3 is 2.06 bits per heavy atom. The van der Waals surface area contributed by atoms with E-state index in [1.807, 2.05) is 19.9 Å². The number of esters is 1. The fourth-order valence-electron chi connectivity index (χ4n) is 1.81. The molecule has 0 saturated heterocycles. The van der Waals surface area contributed by atoms with Gasteiger partial charge in [0.2, 0.25) is 0 Å². The quantitative estimate of drug-likeness (QED) is 0.301. The molecule has 0 bridgehead atoms. The van der Waals surface area contributed by atoms with Gasteiger partial charge in [0, 0.05) is 0 Å². The molecule has 0 aliphatic rings. The van der Waals surface area contributed by atoms with Crippen LogP contribution in [-0.4, -0.2) is 31.0 Å². The van der Waals surface area contributed by atoms with Crippen molar-refractivity contribution in [3.05, 3.63) is 21.8 Å². The molecular weight excluding hydrogens is 319 g/mol. The number of carbonyl (C=O) groups excluding carboxylic acids is 1. The summed E-state index contributed by atoms with van der Waals surface area (Å²) in [5.74, 6) is -0.206.